The van der Waals surface area contributed by atoms with Crippen molar-refractivity contribution in [1.82, 2.24) is 15.0 Å². The van der Waals surface area contributed by atoms with Crippen molar-refractivity contribution < 1.29 is 4.42 Å². The van der Waals surface area contributed by atoms with Crippen LogP contribution in [0.15, 0.2) is 178 Å². The number of aromatic nitrogens is 3. The molecular weight excluding hydrogens is 643 g/mol. The van der Waals surface area contributed by atoms with Gasteiger partial charge >= 0.3 is 0 Å². The first-order chi connectivity index (χ1) is 25.3. The molecule has 1 aliphatic heterocycles. The number of para-hydroxylation sites is 1. The predicted molar refractivity (Wildman–Crippen MR) is 205 cm³/mol. The number of fused-ring (bicyclic) bond motifs is 12. The minimum absolute atomic E-state index is 0.516. The zero-order chi connectivity index (χ0) is 33.5. The molecule has 0 saturated heterocycles. The Bertz CT molecular complexity index is 2790. The van der Waals surface area contributed by atoms with Crippen molar-refractivity contribution in [2.45, 2.75) is 15.2 Å². The zero-order valence-corrected chi connectivity index (χ0v) is 28.1. The molecule has 1 atom stereocenters. The van der Waals surface area contributed by atoms with Gasteiger partial charge in [0.2, 0.25) is 0 Å². The molecule has 0 amide bonds. The fourth-order valence-corrected chi connectivity index (χ4v) is 9.43. The first kappa shape index (κ1) is 28.5. The summed E-state index contributed by atoms with van der Waals surface area (Å²) < 4.78 is 6.43. The summed E-state index contributed by atoms with van der Waals surface area (Å²) in [4.78, 5) is 17.5. The molecule has 0 saturated carbocycles. The number of nitrogens with zero attached hydrogens (tertiary/aromatic N) is 3. The molecule has 0 bridgehead atoms. The summed E-state index contributed by atoms with van der Waals surface area (Å²) in [5.41, 5.74) is 11.7. The SMILES string of the molecule is c1ccc(-c2nc(-c3ccccc3)nc(-c3ccc4c(c3)Sc3ccccc3C43c4ccccc4-c4cc5oc6ccccc6c5cc43)n2)cc1. The Hall–Kier alpha value is -6.30. The summed E-state index contributed by atoms with van der Waals surface area (Å²) in [5, 5.41) is 2.27. The van der Waals surface area contributed by atoms with Crippen molar-refractivity contribution >= 4 is 33.7 Å². The molecule has 2 aromatic heterocycles. The molecule has 51 heavy (non-hydrogen) atoms. The fraction of sp³-hybridized carbons (Fsp3) is 0.0217. The van der Waals surface area contributed by atoms with Crippen molar-refractivity contribution in [2.75, 3.05) is 0 Å². The minimum Gasteiger partial charge on any atom is -0.456 e. The molecule has 11 rings (SSSR count). The van der Waals surface area contributed by atoms with Gasteiger partial charge in [-0.2, -0.15) is 0 Å². The third-order valence-electron chi connectivity index (χ3n) is 10.4. The summed E-state index contributed by atoms with van der Waals surface area (Å²) >= 11 is 1.82. The van der Waals surface area contributed by atoms with E-state index in [4.69, 9.17) is 19.4 Å². The van der Waals surface area contributed by atoms with Gasteiger partial charge in [0, 0.05) is 37.3 Å². The van der Waals surface area contributed by atoms with Crippen molar-refractivity contribution in [3.63, 3.8) is 0 Å². The maximum Gasteiger partial charge on any atom is 0.164 e. The van der Waals surface area contributed by atoms with E-state index in [1.165, 1.54) is 43.2 Å². The highest BCUT2D eigenvalue weighted by Gasteiger charge is 2.50. The summed E-state index contributed by atoms with van der Waals surface area (Å²) in [5.74, 6) is 1.96. The van der Waals surface area contributed by atoms with Gasteiger partial charge in [-0.3, -0.25) is 0 Å². The van der Waals surface area contributed by atoms with Crippen LogP contribution in [0.2, 0.25) is 0 Å². The molecule has 9 aromatic rings. The van der Waals surface area contributed by atoms with E-state index in [1.807, 2.05) is 78.5 Å². The van der Waals surface area contributed by atoms with Crippen LogP contribution in [0.5, 0.6) is 0 Å². The lowest BCUT2D eigenvalue weighted by atomic mass is 9.67. The maximum atomic E-state index is 6.43. The Morgan fingerprint density at radius 1 is 0.392 bits per heavy atom. The number of rotatable bonds is 3. The first-order valence-corrected chi connectivity index (χ1v) is 17.9. The van der Waals surface area contributed by atoms with Crippen LogP contribution in [0.3, 0.4) is 0 Å². The van der Waals surface area contributed by atoms with Crippen LogP contribution < -0.4 is 0 Å². The number of benzene rings is 7. The van der Waals surface area contributed by atoms with E-state index in [-0.39, 0.29) is 0 Å². The molecule has 3 heterocycles. The van der Waals surface area contributed by atoms with E-state index in [0.717, 1.165) is 38.6 Å². The Balaban J connectivity index is 1.17. The Labute approximate surface area is 298 Å². The second kappa shape index (κ2) is 10.8. The molecule has 1 aliphatic carbocycles. The average molecular weight is 670 g/mol. The van der Waals surface area contributed by atoms with E-state index in [2.05, 4.69) is 97.1 Å². The van der Waals surface area contributed by atoms with Gasteiger partial charge in [-0.05, 0) is 63.7 Å². The van der Waals surface area contributed by atoms with Gasteiger partial charge in [-0.25, -0.2) is 15.0 Å². The number of furan rings is 1. The Morgan fingerprint density at radius 2 is 1.00 bits per heavy atom. The highest BCUT2D eigenvalue weighted by atomic mass is 32.2. The van der Waals surface area contributed by atoms with Gasteiger partial charge in [0.15, 0.2) is 17.5 Å². The lowest BCUT2D eigenvalue weighted by molar-refractivity contribution is 0.668. The monoisotopic (exact) mass is 669 g/mol. The van der Waals surface area contributed by atoms with Crippen molar-refractivity contribution in [3.8, 4) is 45.3 Å². The molecule has 1 unspecified atom stereocenters. The molecule has 7 aromatic carbocycles. The van der Waals surface area contributed by atoms with Crippen LogP contribution in [-0.2, 0) is 5.41 Å². The average Bonchev–Trinajstić information content (AvgIpc) is 3.70. The summed E-state index contributed by atoms with van der Waals surface area (Å²) in [6.45, 7) is 0. The van der Waals surface area contributed by atoms with Crippen LogP contribution in [0.1, 0.15) is 22.3 Å². The number of hydrogen-bond acceptors (Lipinski definition) is 5. The summed E-state index contributed by atoms with van der Waals surface area (Å²) in [7, 11) is 0. The summed E-state index contributed by atoms with van der Waals surface area (Å²) in [6, 6.07) is 57.9. The van der Waals surface area contributed by atoms with Crippen molar-refractivity contribution in [3.05, 3.63) is 186 Å². The minimum atomic E-state index is -0.516. The van der Waals surface area contributed by atoms with Gasteiger partial charge in [0.25, 0.3) is 0 Å². The molecular formula is C46H27N3OS. The first-order valence-electron chi connectivity index (χ1n) is 17.1. The van der Waals surface area contributed by atoms with Gasteiger partial charge in [0.05, 0.1) is 5.41 Å². The number of hydrogen-bond donors (Lipinski definition) is 0. The van der Waals surface area contributed by atoms with Crippen molar-refractivity contribution in [2.24, 2.45) is 0 Å². The normalized spacial score (nSPS) is 15.5. The second-order valence-corrected chi connectivity index (χ2v) is 14.2. The lowest BCUT2D eigenvalue weighted by Gasteiger charge is -2.39. The molecule has 238 valence electrons. The smallest absolute Gasteiger partial charge is 0.164 e. The molecule has 2 aliphatic rings. The highest BCUT2D eigenvalue weighted by molar-refractivity contribution is 7.99. The molecule has 0 fully saturated rings. The predicted octanol–water partition coefficient (Wildman–Crippen LogP) is 11.6. The third-order valence-corrected chi connectivity index (χ3v) is 11.5. The quantitative estimate of drug-likeness (QED) is 0.187. The van der Waals surface area contributed by atoms with Crippen LogP contribution in [0.25, 0.3) is 67.2 Å². The van der Waals surface area contributed by atoms with Gasteiger partial charge < -0.3 is 4.42 Å². The van der Waals surface area contributed by atoms with E-state index >= 15 is 0 Å². The third kappa shape index (κ3) is 4.13. The maximum absolute atomic E-state index is 6.43. The van der Waals surface area contributed by atoms with Crippen LogP contribution >= 0.6 is 11.8 Å². The lowest BCUT2D eigenvalue weighted by Crippen LogP contribution is -2.32. The van der Waals surface area contributed by atoms with E-state index in [0.29, 0.717) is 17.5 Å². The zero-order valence-electron chi connectivity index (χ0n) is 27.2. The van der Waals surface area contributed by atoms with Gasteiger partial charge in [0.1, 0.15) is 11.2 Å². The van der Waals surface area contributed by atoms with E-state index < -0.39 is 5.41 Å². The molecule has 1 spiro atoms. The topological polar surface area (TPSA) is 51.8 Å². The van der Waals surface area contributed by atoms with Crippen LogP contribution in [0.4, 0.5) is 0 Å². The Kier molecular flexibility index (Phi) is 6.07. The van der Waals surface area contributed by atoms with Crippen molar-refractivity contribution in [1.29, 1.82) is 0 Å². The highest BCUT2D eigenvalue weighted by Crippen LogP contribution is 2.63. The fourth-order valence-electron chi connectivity index (χ4n) is 8.20. The molecule has 0 radical (unpaired) electrons. The second-order valence-electron chi connectivity index (χ2n) is 13.1. The standard InChI is InChI=1S/C46H27N3OS/c1-3-13-28(14-4-1)43-47-44(29-15-5-2-6-16-29)49-45(48-43)30-23-24-37-42(25-30)51-41-22-12-10-20-36(41)46(37)35-19-9-7-17-31(35)33-27-40-34(26-38(33)46)32-18-8-11-21-39(32)50-40/h1-27H. The molecule has 5 heteroatoms. The van der Waals surface area contributed by atoms with E-state index in [9.17, 15) is 0 Å². The molecule has 4 nitrogen and oxygen atoms in total. The largest absolute Gasteiger partial charge is 0.456 e. The Morgan fingerprint density at radius 3 is 1.76 bits per heavy atom. The molecule has 0 N–H and O–H groups in total. The van der Waals surface area contributed by atoms with Crippen LogP contribution in [-0.4, -0.2) is 15.0 Å². The van der Waals surface area contributed by atoms with E-state index in [1.54, 1.807) is 0 Å². The summed E-state index contributed by atoms with van der Waals surface area (Å²) in [6.07, 6.45) is 0. The van der Waals surface area contributed by atoms with Crippen LogP contribution in [0, 0.1) is 0 Å². The van der Waals surface area contributed by atoms with Gasteiger partial charge in [-0.15, -0.1) is 0 Å². The van der Waals surface area contributed by atoms with Gasteiger partial charge in [-0.1, -0.05) is 145 Å².